The largest absolute Gasteiger partial charge is 0.388 e. The van der Waals surface area contributed by atoms with E-state index < -0.39 is 5.60 Å². The number of aliphatic hydroxyl groups is 1. The van der Waals surface area contributed by atoms with Crippen molar-refractivity contribution in [3.63, 3.8) is 0 Å². The predicted molar refractivity (Wildman–Crippen MR) is 66.8 cm³/mol. The first kappa shape index (κ1) is 10.7. The first-order chi connectivity index (χ1) is 8.27. The zero-order chi connectivity index (χ0) is 11.7. The molecule has 0 bridgehead atoms. The molecule has 0 radical (unpaired) electrons. The molecule has 4 nitrogen and oxygen atoms in total. The van der Waals surface area contributed by atoms with Crippen molar-refractivity contribution < 1.29 is 5.11 Å². The van der Waals surface area contributed by atoms with Crippen LogP contribution in [0.25, 0.3) is 10.9 Å². The van der Waals surface area contributed by atoms with E-state index in [4.69, 9.17) is 0 Å². The average Bonchev–Trinajstić information content (AvgIpc) is 2.73. The number of hydrogen-bond acceptors (Lipinski definition) is 3. The van der Waals surface area contributed by atoms with Crippen LogP contribution >= 0.6 is 0 Å². The fraction of sp³-hybridized carbons (Fsp3) is 0.462. The third-order valence-corrected chi connectivity index (χ3v) is 3.53. The van der Waals surface area contributed by atoms with Gasteiger partial charge in [0.25, 0.3) is 0 Å². The number of aromatic nitrogens is 2. The molecule has 1 aliphatic rings. The van der Waals surface area contributed by atoms with Crippen molar-refractivity contribution in [2.75, 3.05) is 13.1 Å². The minimum Gasteiger partial charge on any atom is -0.388 e. The summed E-state index contributed by atoms with van der Waals surface area (Å²) in [7, 11) is 0. The lowest BCUT2D eigenvalue weighted by Gasteiger charge is -2.32. The Kier molecular flexibility index (Phi) is 2.61. The van der Waals surface area contributed by atoms with E-state index in [1.54, 1.807) is 0 Å². The van der Waals surface area contributed by atoms with Crippen LogP contribution in [0.2, 0.25) is 0 Å². The first-order valence-electron chi connectivity index (χ1n) is 6.11. The lowest BCUT2D eigenvalue weighted by Crippen LogP contribution is -2.44. The zero-order valence-electron chi connectivity index (χ0n) is 9.76. The van der Waals surface area contributed by atoms with Crippen LogP contribution < -0.4 is 5.32 Å². The molecule has 2 aromatic rings. The van der Waals surface area contributed by atoms with E-state index in [2.05, 4.69) is 10.4 Å². The van der Waals surface area contributed by atoms with Gasteiger partial charge in [0, 0.05) is 5.39 Å². The molecule has 1 aromatic carbocycles. The molecule has 1 saturated heterocycles. The molecule has 3 rings (SSSR count). The number of nitrogens with one attached hydrogen (secondary N) is 1. The van der Waals surface area contributed by atoms with Crippen LogP contribution in [0.15, 0.2) is 30.5 Å². The Morgan fingerprint density at radius 2 is 2.06 bits per heavy atom. The Labute approximate surface area is 100 Å². The highest BCUT2D eigenvalue weighted by Crippen LogP contribution is 2.22. The fourth-order valence-electron chi connectivity index (χ4n) is 2.48. The third kappa shape index (κ3) is 2.06. The van der Waals surface area contributed by atoms with Crippen molar-refractivity contribution in [1.82, 2.24) is 15.1 Å². The van der Waals surface area contributed by atoms with Crippen LogP contribution in [-0.2, 0) is 6.54 Å². The van der Waals surface area contributed by atoms with E-state index in [1.807, 2.05) is 35.1 Å². The van der Waals surface area contributed by atoms with Crippen molar-refractivity contribution >= 4 is 10.9 Å². The molecule has 0 spiro atoms. The summed E-state index contributed by atoms with van der Waals surface area (Å²) in [6, 6.07) is 8.11. The normalized spacial score (nSPS) is 19.6. The zero-order valence-corrected chi connectivity index (χ0v) is 9.76. The highest BCUT2D eigenvalue weighted by Gasteiger charge is 2.30. The van der Waals surface area contributed by atoms with Crippen LogP contribution in [0.4, 0.5) is 0 Å². The molecule has 0 amide bonds. The predicted octanol–water partition coefficient (Wildman–Crippen LogP) is 1.15. The van der Waals surface area contributed by atoms with Gasteiger partial charge in [0.15, 0.2) is 0 Å². The third-order valence-electron chi connectivity index (χ3n) is 3.53. The van der Waals surface area contributed by atoms with Crippen LogP contribution in [-0.4, -0.2) is 33.6 Å². The van der Waals surface area contributed by atoms with Gasteiger partial charge < -0.3 is 10.4 Å². The van der Waals surface area contributed by atoms with Gasteiger partial charge in [0.2, 0.25) is 0 Å². The minimum atomic E-state index is -0.611. The van der Waals surface area contributed by atoms with Gasteiger partial charge >= 0.3 is 0 Å². The molecule has 0 saturated carbocycles. The Balaban J connectivity index is 1.89. The molecule has 1 aromatic heterocycles. The number of piperidine rings is 1. The summed E-state index contributed by atoms with van der Waals surface area (Å²) in [5.41, 5.74) is 0.486. The Bertz CT molecular complexity index is 514. The van der Waals surface area contributed by atoms with E-state index in [0.29, 0.717) is 6.54 Å². The van der Waals surface area contributed by atoms with Gasteiger partial charge in [-0.05, 0) is 32.0 Å². The van der Waals surface area contributed by atoms with Gasteiger partial charge in [0.1, 0.15) is 0 Å². The quantitative estimate of drug-likeness (QED) is 0.815. The molecule has 0 aliphatic carbocycles. The van der Waals surface area contributed by atoms with Gasteiger partial charge in [-0.2, -0.15) is 5.10 Å². The summed E-state index contributed by atoms with van der Waals surface area (Å²) < 4.78 is 1.92. The number of rotatable bonds is 2. The molecule has 1 aliphatic heterocycles. The number of hydrogen-bond donors (Lipinski definition) is 2. The highest BCUT2D eigenvalue weighted by atomic mass is 16.3. The van der Waals surface area contributed by atoms with Crippen LogP contribution in [0.1, 0.15) is 12.8 Å². The van der Waals surface area contributed by atoms with E-state index in [0.717, 1.165) is 36.8 Å². The van der Waals surface area contributed by atoms with Gasteiger partial charge in [-0.15, -0.1) is 0 Å². The summed E-state index contributed by atoms with van der Waals surface area (Å²) >= 11 is 0. The van der Waals surface area contributed by atoms with Gasteiger partial charge in [-0.3, -0.25) is 4.68 Å². The summed E-state index contributed by atoms with van der Waals surface area (Å²) in [6.45, 7) is 2.35. The molecular formula is C13H17N3O. The minimum absolute atomic E-state index is 0.586. The molecular weight excluding hydrogens is 214 g/mol. The van der Waals surface area contributed by atoms with Crippen molar-refractivity contribution in [1.29, 1.82) is 0 Å². The standard InChI is InChI=1S/C13H17N3O/c17-13(5-7-14-8-6-13)10-16-12-4-2-1-3-11(12)9-15-16/h1-4,9,14,17H,5-8,10H2. The van der Waals surface area contributed by atoms with E-state index >= 15 is 0 Å². The molecule has 17 heavy (non-hydrogen) atoms. The number of nitrogens with zero attached hydrogens (tertiary/aromatic N) is 2. The van der Waals surface area contributed by atoms with Gasteiger partial charge in [-0.1, -0.05) is 18.2 Å². The van der Waals surface area contributed by atoms with Crippen molar-refractivity contribution in [2.45, 2.75) is 25.0 Å². The molecule has 90 valence electrons. The molecule has 4 heteroatoms. The monoisotopic (exact) mass is 231 g/mol. The second kappa shape index (κ2) is 4.13. The number of para-hydroxylation sites is 1. The van der Waals surface area contributed by atoms with Crippen LogP contribution in [0.3, 0.4) is 0 Å². The first-order valence-corrected chi connectivity index (χ1v) is 6.11. The highest BCUT2D eigenvalue weighted by molar-refractivity contribution is 5.78. The Morgan fingerprint density at radius 3 is 2.88 bits per heavy atom. The van der Waals surface area contributed by atoms with E-state index in [-0.39, 0.29) is 0 Å². The Morgan fingerprint density at radius 1 is 1.29 bits per heavy atom. The Hall–Kier alpha value is -1.39. The maximum atomic E-state index is 10.5. The SMILES string of the molecule is OC1(Cn2ncc3ccccc32)CCNCC1. The second-order valence-electron chi connectivity index (χ2n) is 4.84. The summed E-state index contributed by atoms with van der Waals surface area (Å²) in [6.07, 6.45) is 3.45. The molecule has 0 unspecified atom stereocenters. The molecule has 2 N–H and O–H groups in total. The topological polar surface area (TPSA) is 50.1 Å². The average molecular weight is 231 g/mol. The summed E-state index contributed by atoms with van der Waals surface area (Å²) in [5, 5.41) is 19.3. The van der Waals surface area contributed by atoms with E-state index in [9.17, 15) is 5.11 Å². The summed E-state index contributed by atoms with van der Waals surface area (Å²) in [4.78, 5) is 0. The fourth-order valence-corrected chi connectivity index (χ4v) is 2.48. The molecule has 0 atom stereocenters. The van der Waals surface area contributed by atoms with Crippen molar-refractivity contribution in [2.24, 2.45) is 0 Å². The molecule has 1 fully saturated rings. The van der Waals surface area contributed by atoms with Crippen molar-refractivity contribution in [3.05, 3.63) is 30.5 Å². The van der Waals surface area contributed by atoms with Crippen molar-refractivity contribution in [3.8, 4) is 0 Å². The number of fused-ring (bicyclic) bond motifs is 1. The lowest BCUT2D eigenvalue weighted by molar-refractivity contribution is -0.00715. The van der Waals surface area contributed by atoms with Crippen LogP contribution in [0, 0.1) is 0 Å². The van der Waals surface area contributed by atoms with Gasteiger partial charge in [0.05, 0.1) is 23.9 Å². The smallest absolute Gasteiger partial charge is 0.0867 e. The van der Waals surface area contributed by atoms with Gasteiger partial charge in [-0.25, -0.2) is 0 Å². The second-order valence-corrected chi connectivity index (χ2v) is 4.84. The molecule has 2 heterocycles. The lowest BCUT2D eigenvalue weighted by atomic mass is 9.92. The van der Waals surface area contributed by atoms with Crippen LogP contribution in [0.5, 0.6) is 0 Å². The number of benzene rings is 1. The van der Waals surface area contributed by atoms with E-state index in [1.165, 1.54) is 0 Å². The maximum absolute atomic E-state index is 10.5. The maximum Gasteiger partial charge on any atom is 0.0867 e. The summed E-state index contributed by atoms with van der Waals surface area (Å²) in [5.74, 6) is 0.